The van der Waals surface area contributed by atoms with Crippen molar-refractivity contribution in [2.75, 3.05) is 13.2 Å². The van der Waals surface area contributed by atoms with Crippen molar-refractivity contribution in [1.29, 1.82) is 0 Å². The van der Waals surface area contributed by atoms with Gasteiger partial charge in [-0.1, -0.05) is 12.1 Å². The van der Waals surface area contributed by atoms with Crippen LogP contribution in [0.5, 0.6) is 5.75 Å². The van der Waals surface area contributed by atoms with E-state index in [1.54, 1.807) is 31.2 Å². The topological polar surface area (TPSA) is 75.7 Å². The van der Waals surface area contributed by atoms with Crippen LogP contribution in [0.4, 0.5) is 0 Å². The molecule has 1 rings (SSSR count). The molecule has 0 saturated heterocycles. The molecular weight excluding hydrogens is 194 g/mol. The molecule has 0 radical (unpaired) electrons. The summed E-state index contributed by atoms with van der Waals surface area (Å²) in [7, 11) is 0. The number of benzene rings is 1. The SMILES string of the molecule is CC(O)(CN)COc1ccc(CO)cc1. The zero-order valence-corrected chi connectivity index (χ0v) is 8.81. The van der Waals surface area contributed by atoms with Crippen LogP contribution >= 0.6 is 0 Å². The van der Waals surface area contributed by atoms with Crippen LogP contribution in [0.2, 0.25) is 0 Å². The van der Waals surface area contributed by atoms with E-state index in [9.17, 15) is 5.11 Å². The van der Waals surface area contributed by atoms with E-state index in [0.717, 1.165) is 5.56 Å². The summed E-state index contributed by atoms with van der Waals surface area (Å²) in [6.07, 6.45) is 0. The van der Waals surface area contributed by atoms with Crippen LogP contribution in [-0.2, 0) is 6.61 Å². The van der Waals surface area contributed by atoms with Gasteiger partial charge in [0.1, 0.15) is 18.0 Å². The number of ether oxygens (including phenoxy) is 1. The standard InChI is InChI=1S/C11H17NO3/c1-11(14,7-12)8-15-10-4-2-9(6-13)3-5-10/h2-5,13-14H,6-8,12H2,1H3. The smallest absolute Gasteiger partial charge is 0.119 e. The molecule has 0 aliphatic heterocycles. The monoisotopic (exact) mass is 211 g/mol. The molecule has 4 N–H and O–H groups in total. The highest BCUT2D eigenvalue weighted by Crippen LogP contribution is 2.14. The van der Waals surface area contributed by atoms with Crippen LogP contribution in [-0.4, -0.2) is 29.0 Å². The molecular formula is C11H17NO3. The van der Waals surface area contributed by atoms with Gasteiger partial charge >= 0.3 is 0 Å². The van der Waals surface area contributed by atoms with E-state index >= 15 is 0 Å². The molecule has 0 bridgehead atoms. The highest BCUT2D eigenvalue weighted by atomic mass is 16.5. The molecule has 0 aliphatic rings. The lowest BCUT2D eigenvalue weighted by Crippen LogP contribution is -2.40. The first kappa shape index (κ1) is 12.0. The predicted molar refractivity (Wildman–Crippen MR) is 57.5 cm³/mol. The van der Waals surface area contributed by atoms with Crippen LogP contribution in [0.25, 0.3) is 0 Å². The molecule has 1 atom stereocenters. The fourth-order valence-corrected chi connectivity index (χ4v) is 0.989. The molecule has 84 valence electrons. The van der Waals surface area contributed by atoms with Crippen molar-refractivity contribution in [3.8, 4) is 5.75 Å². The van der Waals surface area contributed by atoms with Crippen molar-refractivity contribution in [2.24, 2.45) is 5.73 Å². The Labute approximate surface area is 89.3 Å². The fourth-order valence-electron chi connectivity index (χ4n) is 0.989. The zero-order valence-electron chi connectivity index (χ0n) is 8.81. The van der Waals surface area contributed by atoms with Gasteiger partial charge in [0.15, 0.2) is 0 Å². The molecule has 4 nitrogen and oxygen atoms in total. The number of aliphatic hydroxyl groups excluding tert-OH is 1. The van der Waals surface area contributed by atoms with Gasteiger partial charge in [0.05, 0.1) is 6.61 Å². The number of rotatable bonds is 5. The van der Waals surface area contributed by atoms with Gasteiger partial charge in [0.2, 0.25) is 0 Å². The average Bonchev–Trinajstić information content (AvgIpc) is 2.27. The summed E-state index contributed by atoms with van der Waals surface area (Å²) in [6, 6.07) is 7.04. The summed E-state index contributed by atoms with van der Waals surface area (Å²) in [5.41, 5.74) is 5.18. The molecule has 1 unspecified atom stereocenters. The van der Waals surface area contributed by atoms with E-state index in [1.807, 2.05) is 0 Å². The van der Waals surface area contributed by atoms with Crippen molar-refractivity contribution in [2.45, 2.75) is 19.1 Å². The van der Waals surface area contributed by atoms with Crippen LogP contribution in [0, 0.1) is 0 Å². The molecule has 0 aromatic heterocycles. The van der Waals surface area contributed by atoms with E-state index in [4.69, 9.17) is 15.6 Å². The minimum Gasteiger partial charge on any atom is -0.491 e. The lowest BCUT2D eigenvalue weighted by molar-refractivity contribution is 0.0195. The maximum atomic E-state index is 9.60. The van der Waals surface area contributed by atoms with E-state index in [0.29, 0.717) is 5.75 Å². The van der Waals surface area contributed by atoms with Gasteiger partial charge in [0.25, 0.3) is 0 Å². The highest BCUT2D eigenvalue weighted by Gasteiger charge is 2.18. The molecule has 0 heterocycles. The molecule has 0 amide bonds. The van der Waals surface area contributed by atoms with Crippen molar-refractivity contribution in [3.05, 3.63) is 29.8 Å². The second kappa shape index (κ2) is 5.11. The van der Waals surface area contributed by atoms with Gasteiger partial charge < -0.3 is 20.7 Å². The Morgan fingerprint density at radius 1 is 1.33 bits per heavy atom. The van der Waals surface area contributed by atoms with E-state index in [1.165, 1.54) is 0 Å². The first-order valence-electron chi connectivity index (χ1n) is 4.82. The minimum atomic E-state index is -1.00. The number of hydrogen-bond donors (Lipinski definition) is 3. The van der Waals surface area contributed by atoms with Crippen LogP contribution in [0.1, 0.15) is 12.5 Å². The Morgan fingerprint density at radius 3 is 2.40 bits per heavy atom. The van der Waals surface area contributed by atoms with Gasteiger partial charge in [0, 0.05) is 6.54 Å². The minimum absolute atomic E-state index is 0.0147. The summed E-state index contributed by atoms with van der Waals surface area (Å²) in [5, 5.41) is 18.4. The number of nitrogens with two attached hydrogens (primary N) is 1. The molecule has 15 heavy (non-hydrogen) atoms. The van der Waals surface area contributed by atoms with Gasteiger partial charge in [-0.3, -0.25) is 0 Å². The molecule has 4 heteroatoms. The van der Waals surface area contributed by atoms with Crippen molar-refractivity contribution in [1.82, 2.24) is 0 Å². The molecule has 0 fully saturated rings. The van der Waals surface area contributed by atoms with E-state index in [2.05, 4.69) is 0 Å². The largest absolute Gasteiger partial charge is 0.491 e. The predicted octanol–water partition coefficient (Wildman–Crippen LogP) is 0.267. The lowest BCUT2D eigenvalue weighted by Gasteiger charge is -2.21. The average molecular weight is 211 g/mol. The highest BCUT2D eigenvalue weighted by molar-refractivity contribution is 5.26. The Kier molecular flexibility index (Phi) is 4.08. The fraction of sp³-hybridized carbons (Fsp3) is 0.455. The Bertz CT molecular complexity index is 295. The molecule has 1 aromatic carbocycles. The van der Waals surface area contributed by atoms with Crippen LogP contribution in [0.15, 0.2) is 24.3 Å². The number of aliphatic hydroxyl groups is 2. The van der Waals surface area contributed by atoms with Gasteiger partial charge in [-0.15, -0.1) is 0 Å². The summed E-state index contributed by atoms with van der Waals surface area (Å²) < 4.78 is 5.35. The van der Waals surface area contributed by atoms with Crippen molar-refractivity contribution in [3.63, 3.8) is 0 Å². The Hall–Kier alpha value is -1.10. The van der Waals surface area contributed by atoms with Crippen LogP contribution in [0.3, 0.4) is 0 Å². The maximum Gasteiger partial charge on any atom is 0.119 e. The molecule has 0 aliphatic carbocycles. The third-order valence-corrected chi connectivity index (χ3v) is 2.10. The van der Waals surface area contributed by atoms with Gasteiger partial charge in [-0.25, -0.2) is 0 Å². The van der Waals surface area contributed by atoms with Crippen molar-refractivity contribution >= 4 is 0 Å². The van der Waals surface area contributed by atoms with Crippen molar-refractivity contribution < 1.29 is 14.9 Å². The summed E-state index contributed by atoms with van der Waals surface area (Å²) in [4.78, 5) is 0. The van der Waals surface area contributed by atoms with E-state index in [-0.39, 0.29) is 19.8 Å². The third kappa shape index (κ3) is 3.87. The van der Waals surface area contributed by atoms with Crippen LogP contribution < -0.4 is 10.5 Å². The number of hydrogen-bond acceptors (Lipinski definition) is 4. The quantitative estimate of drug-likeness (QED) is 0.653. The molecule has 0 spiro atoms. The first-order chi connectivity index (χ1) is 7.07. The second-order valence-electron chi connectivity index (χ2n) is 3.79. The molecule has 1 aromatic rings. The maximum absolute atomic E-state index is 9.60. The Morgan fingerprint density at radius 2 is 1.93 bits per heavy atom. The summed E-state index contributed by atoms with van der Waals surface area (Å²) in [6.45, 7) is 1.94. The third-order valence-electron chi connectivity index (χ3n) is 2.10. The normalized spacial score (nSPS) is 14.7. The van der Waals surface area contributed by atoms with E-state index < -0.39 is 5.60 Å². The summed E-state index contributed by atoms with van der Waals surface area (Å²) in [5.74, 6) is 0.654. The first-order valence-corrected chi connectivity index (χ1v) is 4.82. The van der Waals surface area contributed by atoms with Gasteiger partial charge in [-0.2, -0.15) is 0 Å². The Balaban J connectivity index is 2.51. The van der Waals surface area contributed by atoms with Gasteiger partial charge in [-0.05, 0) is 24.6 Å². The summed E-state index contributed by atoms with van der Waals surface area (Å²) >= 11 is 0. The lowest BCUT2D eigenvalue weighted by atomic mass is 10.1. The molecule has 0 saturated carbocycles. The second-order valence-corrected chi connectivity index (χ2v) is 3.79. The zero-order chi connectivity index (χ0) is 11.3.